The molecule has 1 aromatic carbocycles. The molecule has 1 aromatic heterocycles. The van der Waals surface area contributed by atoms with E-state index in [0.717, 1.165) is 24.1 Å². The lowest BCUT2D eigenvalue weighted by Gasteiger charge is -2.35. The predicted octanol–water partition coefficient (Wildman–Crippen LogP) is 1.74. The van der Waals surface area contributed by atoms with Gasteiger partial charge in [-0.2, -0.15) is 0 Å². The fourth-order valence-electron chi connectivity index (χ4n) is 3.63. The van der Waals surface area contributed by atoms with Crippen molar-refractivity contribution in [3.8, 4) is 12.3 Å². The van der Waals surface area contributed by atoms with Gasteiger partial charge in [0.05, 0.1) is 16.8 Å². The number of aromatic amines is 1. The molecule has 7 heteroatoms. The van der Waals surface area contributed by atoms with Crippen LogP contribution in [-0.4, -0.2) is 35.9 Å². The Balaban J connectivity index is 2.09. The summed E-state index contributed by atoms with van der Waals surface area (Å²) in [7, 11) is 0. The molecule has 2 aromatic rings. The third-order valence-corrected chi connectivity index (χ3v) is 4.97. The van der Waals surface area contributed by atoms with Gasteiger partial charge in [0.2, 0.25) is 0 Å². The van der Waals surface area contributed by atoms with Gasteiger partial charge in [-0.05, 0) is 44.2 Å². The Bertz CT molecular complexity index is 941. The molecule has 26 heavy (non-hydrogen) atoms. The molecule has 1 atom stereocenters. The van der Waals surface area contributed by atoms with E-state index in [-0.39, 0.29) is 11.6 Å². The summed E-state index contributed by atoms with van der Waals surface area (Å²) in [5.41, 5.74) is 8.24. The van der Waals surface area contributed by atoms with Gasteiger partial charge in [0, 0.05) is 30.2 Å². The number of piperidine rings is 1. The molecule has 0 radical (unpaired) electrons. The van der Waals surface area contributed by atoms with E-state index in [1.54, 1.807) is 0 Å². The number of rotatable bonds is 3. The smallest absolute Gasteiger partial charge is 0.295 e. The lowest BCUT2D eigenvalue weighted by atomic mass is 10.0. The van der Waals surface area contributed by atoms with Gasteiger partial charge in [0.1, 0.15) is 5.82 Å². The lowest BCUT2D eigenvalue weighted by Crippen LogP contribution is -2.47. The first kappa shape index (κ1) is 17.8. The van der Waals surface area contributed by atoms with Crippen LogP contribution in [0.4, 0.5) is 10.1 Å². The van der Waals surface area contributed by atoms with Crippen LogP contribution in [0, 0.1) is 32.0 Å². The summed E-state index contributed by atoms with van der Waals surface area (Å²) in [5, 5.41) is 3.42. The Morgan fingerprint density at radius 3 is 2.85 bits per heavy atom. The molecular weight excluding hydrogens is 335 g/mol. The number of aromatic nitrogens is 1. The summed E-state index contributed by atoms with van der Waals surface area (Å²) in [6.45, 7) is 4.84. The number of benzene rings is 1. The van der Waals surface area contributed by atoms with Gasteiger partial charge in [-0.3, -0.25) is 9.59 Å². The first-order valence-electron chi connectivity index (χ1n) is 8.46. The molecule has 2 amide bonds. The van der Waals surface area contributed by atoms with E-state index in [2.05, 4.69) is 10.3 Å². The summed E-state index contributed by atoms with van der Waals surface area (Å²) in [6, 6.07) is 1.02. The van der Waals surface area contributed by atoms with Crippen LogP contribution in [0.2, 0.25) is 0 Å². The number of amides is 2. The number of hydrogen-bond acceptors (Lipinski definition) is 3. The van der Waals surface area contributed by atoms with Gasteiger partial charge in [-0.1, -0.05) is 0 Å². The van der Waals surface area contributed by atoms with Crippen molar-refractivity contribution < 1.29 is 14.0 Å². The normalized spacial score (nSPS) is 17.2. The quantitative estimate of drug-likeness (QED) is 0.732. The van der Waals surface area contributed by atoms with Crippen LogP contribution in [0.5, 0.6) is 0 Å². The summed E-state index contributed by atoms with van der Waals surface area (Å²) in [4.78, 5) is 28.3. The van der Waals surface area contributed by atoms with Crippen LogP contribution >= 0.6 is 0 Å². The molecule has 1 fully saturated rings. The summed E-state index contributed by atoms with van der Waals surface area (Å²) < 4.78 is 15.0. The molecule has 6 nitrogen and oxygen atoms in total. The number of carbonyl (C=O) groups excluding carboxylic acids is 2. The molecule has 2 heterocycles. The molecule has 0 aliphatic carbocycles. The highest BCUT2D eigenvalue weighted by molar-refractivity contribution is 6.10. The summed E-state index contributed by atoms with van der Waals surface area (Å²) >= 11 is 0. The van der Waals surface area contributed by atoms with Gasteiger partial charge >= 0.3 is 0 Å². The van der Waals surface area contributed by atoms with Crippen molar-refractivity contribution in [3.05, 3.63) is 28.7 Å². The number of nitrogens with two attached hydrogens (primary N) is 1. The monoisotopic (exact) mass is 356 g/mol. The first-order valence-corrected chi connectivity index (χ1v) is 8.46. The van der Waals surface area contributed by atoms with Crippen molar-refractivity contribution in [3.63, 3.8) is 0 Å². The minimum atomic E-state index is -0.681. The number of terminal acetylenes is 1. The van der Waals surface area contributed by atoms with Crippen LogP contribution in [0.1, 0.15) is 34.5 Å². The number of primary amides is 1. The fraction of sp³-hybridized carbons (Fsp3) is 0.368. The number of hydrogen-bond donors (Lipinski definition) is 3. The zero-order chi connectivity index (χ0) is 19.0. The molecule has 3 rings (SSSR count). The second-order valence-electron chi connectivity index (χ2n) is 6.65. The molecular formula is C19H21FN4O2. The predicted molar refractivity (Wildman–Crippen MR) is 98.5 cm³/mol. The van der Waals surface area contributed by atoms with E-state index < -0.39 is 17.6 Å². The van der Waals surface area contributed by atoms with Crippen LogP contribution in [0.15, 0.2) is 6.07 Å². The van der Waals surface area contributed by atoms with Crippen LogP contribution in [0.25, 0.3) is 10.9 Å². The van der Waals surface area contributed by atoms with Gasteiger partial charge in [0.15, 0.2) is 0 Å². The molecule has 1 aliphatic heterocycles. The zero-order valence-corrected chi connectivity index (χ0v) is 14.8. The largest absolute Gasteiger partial charge is 0.367 e. The number of anilines is 1. The number of carbonyl (C=O) groups is 2. The molecule has 1 saturated heterocycles. The van der Waals surface area contributed by atoms with E-state index in [4.69, 9.17) is 12.2 Å². The van der Waals surface area contributed by atoms with Crippen molar-refractivity contribution >= 4 is 28.4 Å². The minimum Gasteiger partial charge on any atom is -0.367 e. The molecule has 1 aliphatic rings. The van der Waals surface area contributed by atoms with Gasteiger partial charge in [-0.15, -0.1) is 6.42 Å². The maximum Gasteiger partial charge on any atom is 0.295 e. The molecule has 0 spiro atoms. The Hall–Kier alpha value is -3.01. The minimum absolute atomic E-state index is 0.131. The van der Waals surface area contributed by atoms with Crippen molar-refractivity contribution in [2.75, 3.05) is 18.0 Å². The highest BCUT2D eigenvalue weighted by atomic mass is 19.1. The van der Waals surface area contributed by atoms with E-state index in [0.29, 0.717) is 29.7 Å². The van der Waals surface area contributed by atoms with Crippen molar-refractivity contribution in [2.24, 2.45) is 5.73 Å². The lowest BCUT2D eigenvalue weighted by molar-refractivity contribution is -0.116. The van der Waals surface area contributed by atoms with E-state index in [1.807, 2.05) is 24.7 Å². The average molecular weight is 356 g/mol. The third-order valence-electron chi connectivity index (χ3n) is 4.97. The van der Waals surface area contributed by atoms with E-state index >= 15 is 0 Å². The molecule has 136 valence electrons. The highest BCUT2D eigenvalue weighted by Crippen LogP contribution is 2.37. The fourth-order valence-corrected chi connectivity index (χ4v) is 3.63. The highest BCUT2D eigenvalue weighted by Gasteiger charge is 2.27. The van der Waals surface area contributed by atoms with Crippen molar-refractivity contribution in [1.82, 2.24) is 10.3 Å². The number of nitrogens with zero attached hydrogens (tertiary/aromatic N) is 1. The molecule has 4 N–H and O–H groups in total. The SMILES string of the molecule is C#CC(=O)N[C@@H]1CCCN(c2c(F)cc(C(N)=O)c3[nH]c(C)c(C)c23)C1. The Morgan fingerprint density at radius 1 is 1.46 bits per heavy atom. The Labute approximate surface area is 150 Å². The van der Waals surface area contributed by atoms with Crippen molar-refractivity contribution in [2.45, 2.75) is 32.7 Å². The number of H-pyrrole nitrogens is 1. The second-order valence-corrected chi connectivity index (χ2v) is 6.65. The van der Waals surface area contributed by atoms with Gasteiger partial charge < -0.3 is 20.9 Å². The van der Waals surface area contributed by atoms with E-state index in [9.17, 15) is 14.0 Å². The van der Waals surface area contributed by atoms with Gasteiger partial charge in [-0.25, -0.2) is 4.39 Å². The van der Waals surface area contributed by atoms with Crippen LogP contribution in [-0.2, 0) is 4.79 Å². The Morgan fingerprint density at radius 2 is 2.19 bits per heavy atom. The zero-order valence-electron chi connectivity index (χ0n) is 14.8. The second kappa shape index (κ2) is 6.71. The maximum atomic E-state index is 15.0. The number of aryl methyl sites for hydroxylation is 2. The molecule has 0 saturated carbocycles. The molecule has 0 bridgehead atoms. The van der Waals surface area contributed by atoms with Crippen LogP contribution in [0.3, 0.4) is 0 Å². The Kier molecular flexibility index (Phi) is 4.60. The topological polar surface area (TPSA) is 91.2 Å². The number of nitrogens with one attached hydrogen (secondary N) is 2. The van der Waals surface area contributed by atoms with Crippen LogP contribution < -0.4 is 16.0 Å². The van der Waals surface area contributed by atoms with E-state index in [1.165, 1.54) is 6.07 Å². The number of halogens is 1. The molecule has 0 unspecified atom stereocenters. The maximum absolute atomic E-state index is 15.0. The van der Waals surface area contributed by atoms with Crippen molar-refractivity contribution in [1.29, 1.82) is 0 Å². The first-order chi connectivity index (χ1) is 12.3. The standard InChI is InChI=1S/C19H21FN4O2/c1-4-15(25)23-12-6-5-7-24(9-12)18-14(20)8-13(19(21)26)17-16(18)10(2)11(3)22-17/h1,8,12,22H,5-7,9H2,2-3H3,(H2,21,26)(H,23,25)/t12-/m1/s1. The third kappa shape index (κ3) is 2.99. The summed E-state index contributed by atoms with van der Waals surface area (Å²) in [6.07, 6.45) is 6.68. The average Bonchev–Trinajstić information content (AvgIpc) is 2.89. The van der Waals surface area contributed by atoms with Gasteiger partial charge in [0.25, 0.3) is 11.8 Å². The summed E-state index contributed by atoms with van der Waals surface area (Å²) in [5.74, 6) is 0.386. The number of fused-ring (bicyclic) bond motifs is 1.